The van der Waals surface area contributed by atoms with E-state index in [1.165, 1.54) is 0 Å². The molecule has 0 atom stereocenters. The molecule has 156 valence electrons. The highest BCUT2D eigenvalue weighted by Gasteiger charge is 2.29. The Balaban J connectivity index is 1.28. The van der Waals surface area contributed by atoms with Crippen molar-refractivity contribution in [3.8, 4) is 5.75 Å². The second kappa shape index (κ2) is 9.71. The summed E-state index contributed by atoms with van der Waals surface area (Å²) in [6, 6.07) is 24.2. The number of anilines is 1. The van der Waals surface area contributed by atoms with Crippen molar-refractivity contribution in [3.05, 3.63) is 95.6 Å². The van der Waals surface area contributed by atoms with E-state index in [0.717, 1.165) is 29.7 Å². The van der Waals surface area contributed by atoms with E-state index in [9.17, 15) is 9.59 Å². The van der Waals surface area contributed by atoms with Crippen LogP contribution < -0.4 is 15.5 Å². The predicted octanol–water partition coefficient (Wildman–Crippen LogP) is 4.38. The van der Waals surface area contributed by atoms with E-state index >= 15 is 0 Å². The Labute approximate surface area is 180 Å². The molecule has 0 bridgehead atoms. The van der Waals surface area contributed by atoms with E-state index in [1.54, 1.807) is 30.5 Å². The van der Waals surface area contributed by atoms with Gasteiger partial charge in [0.15, 0.2) is 0 Å². The van der Waals surface area contributed by atoms with E-state index < -0.39 is 0 Å². The highest BCUT2D eigenvalue weighted by Crippen LogP contribution is 2.30. The first-order valence-electron chi connectivity index (χ1n) is 10.2. The molecule has 2 N–H and O–H groups in total. The van der Waals surface area contributed by atoms with Gasteiger partial charge in [-0.05, 0) is 60.4 Å². The van der Waals surface area contributed by atoms with Gasteiger partial charge in [-0.3, -0.25) is 9.59 Å². The number of hydrogen-bond donors (Lipinski definition) is 2. The molecular formula is C25H23N3O3. The summed E-state index contributed by atoms with van der Waals surface area (Å²) in [6.07, 6.45) is 3.47. The standard InChI is InChI=1S/C25H23N3O3/c29-24(20-9-10-20)27-22-13-11-21(12-14-22)25(30)28-26-16-19-7-4-8-23(15-19)31-17-18-5-2-1-3-6-18/h1-8,11-16,20H,9-10,17H2,(H,27,29)(H,28,30). The summed E-state index contributed by atoms with van der Waals surface area (Å²) in [5.74, 6) is 0.576. The third-order valence-corrected chi connectivity index (χ3v) is 4.85. The van der Waals surface area contributed by atoms with Gasteiger partial charge in [0.2, 0.25) is 5.91 Å². The van der Waals surface area contributed by atoms with Crippen molar-refractivity contribution in [3.63, 3.8) is 0 Å². The van der Waals surface area contributed by atoms with E-state index in [-0.39, 0.29) is 17.7 Å². The summed E-state index contributed by atoms with van der Waals surface area (Å²) in [5.41, 5.74) is 5.56. The summed E-state index contributed by atoms with van der Waals surface area (Å²) in [5, 5.41) is 6.88. The maximum Gasteiger partial charge on any atom is 0.271 e. The van der Waals surface area contributed by atoms with Crippen molar-refractivity contribution in [2.45, 2.75) is 19.4 Å². The van der Waals surface area contributed by atoms with Gasteiger partial charge < -0.3 is 10.1 Å². The predicted molar refractivity (Wildman–Crippen MR) is 120 cm³/mol. The van der Waals surface area contributed by atoms with Crippen LogP contribution in [0.1, 0.15) is 34.3 Å². The minimum atomic E-state index is -0.326. The number of carbonyl (C=O) groups excluding carboxylic acids is 2. The minimum absolute atomic E-state index is 0.0387. The Morgan fingerprint density at radius 2 is 1.74 bits per heavy atom. The lowest BCUT2D eigenvalue weighted by Crippen LogP contribution is -2.18. The highest BCUT2D eigenvalue weighted by atomic mass is 16.5. The lowest BCUT2D eigenvalue weighted by atomic mass is 10.2. The molecule has 6 nitrogen and oxygen atoms in total. The van der Waals surface area contributed by atoms with Gasteiger partial charge in [-0.15, -0.1) is 0 Å². The molecule has 1 fully saturated rings. The zero-order chi connectivity index (χ0) is 21.5. The van der Waals surface area contributed by atoms with Crippen LogP contribution in [0.2, 0.25) is 0 Å². The number of carbonyl (C=O) groups is 2. The number of benzene rings is 3. The molecule has 1 aliphatic rings. The Kier molecular flexibility index (Phi) is 6.38. The fourth-order valence-corrected chi connectivity index (χ4v) is 2.95. The van der Waals surface area contributed by atoms with Gasteiger partial charge >= 0.3 is 0 Å². The molecule has 0 aliphatic heterocycles. The van der Waals surface area contributed by atoms with Crippen molar-refractivity contribution in [1.29, 1.82) is 0 Å². The molecule has 4 rings (SSSR count). The largest absolute Gasteiger partial charge is 0.489 e. The van der Waals surface area contributed by atoms with Crippen LogP contribution in [0, 0.1) is 5.92 Å². The van der Waals surface area contributed by atoms with E-state index in [0.29, 0.717) is 17.9 Å². The fourth-order valence-electron chi connectivity index (χ4n) is 2.95. The van der Waals surface area contributed by atoms with Crippen molar-refractivity contribution in [2.75, 3.05) is 5.32 Å². The average Bonchev–Trinajstić information content (AvgIpc) is 3.65. The summed E-state index contributed by atoms with van der Waals surface area (Å²) in [4.78, 5) is 24.1. The minimum Gasteiger partial charge on any atom is -0.489 e. The number of hydrazone groups is 1. The third kappa shape index (κ3) is 6.02. The highest BCUT2D eigenvalue weighted by molar-refractivity contribution is 5.97. The number of rotatable bonds is 8. The van der Waals surface area contributed by atoms with Crippen LogP contribution in [0.5, 0.6) is 5.75 Å². The van der Waals surface area contributed by atoms with E-state index in [2.05, 4.69) is 15.8 Å². The van der Waals surface area contributed by atoms with Crippen molar-refractivity contribution < 1.29 is 14.3 Å². The molecule has 31 heavy (non-hydrogen) atoms. The normalized spacial score (nSPS) is 13.0. The lowest BCUT2D eigenvalue weighted by Gasteiger charge is -2.07. The number of nitrogens with zero attached hydrogens (tertiary/aromatic N) is 1. The Morgan fingerprint density at radius 3 is 2.48 bits per heavy atom. The lowest BCUT2D eigenvalue weighted by molar-refractivity contribution is -0.117. The molecule has 6 heteroatoms. The summed E-state index contributed by atoms with van der Waals surface area (Å²) < 4.78 is 5.81. The van der Waals surface area contributed by atoms with Crippen molar-refractivity contribution in [2.24, 2.45) is 11.0 Å². The molecular weight excluding hydrogens is 390 g/mol. The van der Waals surface area contributed by atoms with Crippen LogP contribution in [0.4, 0.5) is 5.69 Å². The number of ether oxygens (including phenoxy) is 1. The van der Waals surface area contributed by atoms with Gasteiger partial charge in [-0.2, -0.15) is 5.10 Å². The van der Waals surface area contributed by atoms with Gasteiger partial charge in [-0.25, -0.2) is 5.43 Å². The number of amides is 2. The molecule has 2 amide bonds. The second-order valence-electron chi connectivity index (χ2n) is 7.39. The van der Waals surface area contributed by atoms with Crippen LogP contribution in [0.15, 0.2) is 84.0 Å². The molecule has 0 radical (unpaired) electrons. The molecule has 3 aromatic carbocycles. The van der Waals surface area contributed by atoms with Gasteiger partial charge in [-0.1, -0.05) is 42.5 Å². The first-order chi connectivity index (χ1) is 15.2. The monoisotopic (exact) mass is 413 g/mol. The molecule has 1 aliphatic carbocycles. The van der Waals surface area contributed by atoms with Crippen molar-refractivity contribution >= 4 is 23.7 Å². The smallest absolute Gasteiger partial charge is 0.271 e. The summed E-state index contributed by atoms with van der Waals surface area (Å²) in [7, 11) is 0. The quantitative estimate of drug-likeness (QED) is 0.425. The number of nitrogens with one attached hydrogen (secondary N) is 2. The molecule has 1 saturated carbocycles. The zero-order valence-electron chi connectivity index (χ0n) is 17.0. The fraction of sp³-hybridized carbons (Fsp3) is 0.160. The van der Waals surface area contributed by atoms with Crippen LogP contribution in [0.25, 0.3) is 0 Å². The van der Waals surface area contributed by atoms with Crippen molar-refractivity contribution in [1.82, 2.24) is 5.43 Å². The molecule has 0 saturated heterocycles. The molecule has 0 spiro atoms. The second-order valence-corrected chi connectivity index (χ2v) is 7.39. The average molecular weight is 413 g/mol. The van der Waals surface area contributed by atoms with Crippen LogP contribution in [-0.4, -0.2) is 18.0 Å². The molecule has 3 aromatic rings. The van der Waals surface area contributed by atoms with Gasteiger partial charge in [0, 0.05) is 17.2 Å². The summed E-state index contributed by atoms with van der Waals surface area (Å²) in [6.45, 7) is 0.481. The van der Waals surface area contributed by atoms with Crippen LogP contribution in [-0.2, 0) is 11.4 Å². The van der Waals surface area contributed by atoms with E-state index in [4.69, 9.17) is 4.74 Å². The first kappa shape index (κ1) is 20.3. The molecule has 0 heterocycles. The van der Waals surface area contributed by atoms with Gasteiger partial charge in [0.05, 0.1) is 6.21 Å². The van der Waals surface area contributed by atoms with Gasteiger partial charge in [0.1, 0.15) is 12.4 Å². The molecule has 0 unspecified atom stereocenters. The first-order valence-corrected chi connectivity index (χ1v) is 10.2. The Bertz CT molecular complexity index is 1070. The van der Waals surface area contributed by atoms with Crippen LogP contribution >= 0.6 is 0 Å². The number of hydrogen-bond acceptors (Lipinski definition) is 4. The third-order valence-electron chi connectivity index (χ3n) is 4.85. The zero-order valence-corrected chi connectivity index (χ0v) is 17.0. The Morgan fingerprint density at radius 1 is 0.968 bits per heavy atom. The summed E-state index contributed by atoms with van der Waals surface area (Å²) >= 11 is 0. The van der Waals surface area contributed by atoms with Crippen LogP contribution in [0.3, 0.4) is 0 Å². The maximum atomic E-state index is 12.3. The molecule has 0 aromatic heterocycles. The van der Waals surface area contributed by atoms with Gasteiger partial charge in [0.25, 0.3) is 5.91 Å². The maximum absolute atomic E-state index is 12.3. The SMILES string of the molecule is O=C(NN=Cc1cccc(OCc2ccccc2)c1)c1ccc(NC(=O)C2CC2)cc1. The Hall–Kier alpha value is -3.93. The van der Waals surface area contributed by atoms with E-state index in [1.807, 2.05) is 54.6 Å². The topological polar surface area (TPSA) is 79.8 Å².